The highest BCUT2D eigenvalue weighted by Gasteiger charge is 2.17. The van der Waals surface area contributed by atoms with Crippen molar-refractivity contribution in [1.82, 2.24) is 19.7 Å². The quantitative estimate of drug-likeness (QED) is 0.485. The number of carbonyl (C=O) groups excluding carboxylic acids is 1. The molecular weight excluding hydrogens is 441 g/mol. The van der Waals surface area contributed by atoms with Crippen molar-refractivity contribution in [2.75, 3.05) is 5.32 Å². The van der Waals surface area contributed by atoms with Crippen LogP contribution in [0.4, 0.5) is 10.1 Å². The normalized spacial score (nSPS) is 10.9. The first kappa shape index (κ1) is 19.0. The van der Waals surface area contributed by atoms with Crippen LogP contribution < -0.4 is 10.1 Å². The molecule has 0 spiro atoms. The number of pyridine rings is 2. The molecule has 0 unspecified atom stereocenters. The molecule has 0 aliphatic rings. The minimum absolute atomic E-state index is 0.101. The molecule has 0 saturated heterocycles. The molecule has 29 heavy (non-hydrogen) atoms. The van der Waals surface area contributed by atoms with Gasteiger partial charge in [-0.15, -0.1) is 0 Å². The molecule has 7 nitrogen and oxygen atoms in total. The Morgan fingerprint density at radius 3 is 2.86 bits per heavy atom. The van der Waals surface area contributed by atoms with Crippen molar-refractivity contribution in [1.29, 1.82) is 0 Å². The summed E-state index contributed by atoms with van der Waals surface area (Å²) in [5.41, 5.74) is 2.30. The van der Waals surface area contributed by atoms with Gasteiger partial charge >= 0.3 is 0 Å². The summed E-state index contributed by atoms with van der Waals surface area (Å²) in [5.74, 6) is -0.372. The van der Waals surface area contributed by atoms with Crippen molar-refractivity contribution in [3.8, 4) is 11.6 Å². The molecule has 0 aliphatic carbocycles. The average molecular weight is 456 g/mol. The van der Waals surface area contributed by atoms with Gasteiger partial charge < -0.3 is 10.1 Å². The zero-order chi connectivity index (χ0) is 20.5. The van der Waals surface area contributed by atoms with Crippen LogP contribution in [0.15, 0.2) is 53.3 Å². The molecule has 0 aliphatic heterocycles. The molecular formula is C20H15BrFN5O2. The van der Waals surface area contributed by atoms with E-state index in [0.29, 0.717) is 15.9 Å². The van der Waals surface area contributed by atoms with Crippen molar-refractivity contribution < 1.29 is 13.9 Å². The van der Waals surface area contributed by atoms with Gasteiger partial charge in [0.1, 0.15) is 17.1 Å². The zero-order valence-corrected chi connectivity index (χ0v) is 17.1. The number of nitrogens with zero attached hydrogens (tertiary/aromatic N) is 4. The van der Waals surface area contributed by atoms with E-state index < -0.39 is 11.7 Å². The highest BCUT2D eigenvalue weighted by molar-refractivity contribution is 9.10. The topological polar surface area (TPSA) is 81.9 Å². The molecule has 1 N–H and O–H groups in total. The van der Waals surface area contributed by atoms with Gasteiger partial charge in [-0.2, -0.15) is 5.10 Å². The van der Waals surface area contributed by atoms with E-state index >= 15 is 0 Å². The minimum Gasteiger partial charge on any atom is -0.437 e. The van der Waals surface area contributed by atoms with Crippen LogP contribution in [-0.2, 0) is 7.05 Å². The molecule has 3 heterocycles. The van der Waals surface area contributed by atoms with E-state index in [9.17, 15) is 9.18 Å². The maximum atomic E-state index is 13.3. The zero-order valence-electron chi connectivity index (χ0n) is 15.5. The third-order valence-corrected chi connectivity index (χ3v) is 4.86. The number of benzene rings is 1. The maximum absolute atomic E-state index is 13.3. The Labute approximate surface area is 173 Å². The molecule has 4 rings (SSSR count). The predicted octanol–water partition coefficient (Wildman–Crippen LogP) is 4.62. The number of carbonyl (C=O) groups is 1. The van der Waals surface area contributed by atoms with Gasteiger partial charge in [0.15, 0.2) is 5.65 Å². The Bertz CT molecular complexity index is 1240. The van der Waals surface area contributed by atoms with E-state index in [2.05, 4.69) is 36.3 Å². The second-order valence-electron chi connectivity index (χ2n) is 6.29. The summed E-state index contributed by atoms with van der Waals surface area (Å²) in [6.45, 7) is 1.88. The van der Waals surface area contributed by atoms with Crippen LogP contribution in [0.25, 0.3) is 11.0 Å². The lowest BCUT2D eigenvalue weighted by Gasteiger charge is -2.11. The molecule has 146 valence electrons. The number of anilines is 1. The van der Waals surface area contributed by atoms with Gasteiger partial charge in [0.25, 0.3) is 5.91 Å². The Morgan fingerprint density at radius 2 is 2.07 bits per heavy atom. The van der Waals surface area contributed by atoms with E-state index in [4.69, 9.17) is 4.74 Å². The van der Waals surface area contributed by atoms with Crippen LogP contribution in [0.2, 0.25) is 0 Å². The lowest BCUT2D eigenvalue weighted by atomic mass is 10.2. The van der Waals surface area contributed by atoms with Crippen molar-refractivity contribution in [2.45, 2.75) is 6.92 Å². The SMILES string of the molecule is Cc1nn(C)c2ncc(NC(=O)c3cccnc3Oc3ccc(F)cc3Br)cc12. The molecule has 3 aromatic heterocycles. The fraction of sp³-hybridized carbons (Fsp3) is 0.100. The number of ether oxygens (including phenoxy) is 1. The minimum atomic E-state index is -0.408. The van der Waals surface area contributed by atoms with E-state index in [0.717, 1.165) is 16.7 Å². The van der Waals surface area contributed by atoms with Gasteiger partial charge in [0.05, 0.1) is 22.1 Å². The van der Waals surface area contributed by atoms with Crippen molar-refractivity contribution in [2.24, 2.45) is 7.05 Å². The monoisotopic (exact) mass is 455 g/mol. The molecule has 9 heteroatoms. The van der Waals surface area contributed by atoms with Crippen LogP contribution >= 0.6 is 15.9 Å². The first-order valence-electron chi connectivity index (χ1n) is 8.61. The Hall–Kier alpha value is -3.33. The van der Waals surface area contributed by atoms with Crippen molar-refractivity contribution in [3.63, 3.8) is 0 Å². The third-order valence-electron chi connectivity index (χ3n) is 4.24. The molecule has 1 amide bonds. The van der Waals surface area contributed by atoms with E-state index in [-0.39, 0.29) is 11.4 Å². The summed E-state index contributed by atoms with van der Waals surface area (Å²) in [4.78, 5) is 21.3. The first-order chi connectivity index (χ1) is 13.9. The number of amides is 1. The third kappa shape index (κ3) is 3.81. The van der Waals surface area contributed by atoms with Gasteiger partial charge in [-0.05, 0) is 59.3 Å². The summed E-state index contributed by atoms with van der Waals surface area (Å²) in [7, 11) is 1.81. The Balaban J connectivity index is 1.62. The number of rotatable bonds is 4. The van der Waals surface area contributed by atoms with Crippen molar-refractivity contribution >= 4 is 38.6 Å². The van der Waals surface area contributed by atoms with Gasteiger partial charge in [0.2, 0.25) is 5.88 Å². The van der Waals surface area contributed by atoms with Crippen LogP contribution in [0.1, 0.15) is 16.1 Å². The van der Waals surface area contributed by atoms with Crippen molar-refractivity contribution in [3.05, 3.63) is 70.3 Å². The standard InChI is InChI=1S/C20H15BrFN5O2/c1-11-15-9-13(10-24-18(15)27(2)26-11)25-19(28)14-4-3-7-23-20(14)29-17-6-5-12(22)8-16(17)21/h3-10H,1-2H3,(H,25,28). The number of nitrogens with one attached hydrogen (secondary N) is 1. The second-order valence-corrected chi connectivity index (χ2v) is 7.15. The number of aryl methyl sites for hydroxylation is 2. The molecule has 0 saturated carbocycles. The second kappa shape index (κ2) is 7.59. The van der Waals surface area contributed by atoms with Gasteiger partial charge in [-0.3, -0.25) is 9.48 Å². The van der Waals surface area contributed by atoms with E-state index in [1.54, 1.807) is 23.0 Å². The van der Waals surface area contributed by atoms with Crippen LogP contribution in [0, 0.1) is 12.7 Å². The summed E-state index contributed by atoms with van der Waals surface area (Å²) in [6, 6.07) is 9.04. The summed E-state index contributed by atoms with van der Waals surface area (Å²) in [6.07, 6.45) is 3.07. The van der Waals surface area contributed by atoms with Gasteiger partial charge in [-0.25, -0.2) is 14.4 Å². The molecule has 0 radical (unpaired) electrons. The predicted molar refractivity (Wildman–Crippen MR) is 110 cm³/mol. The van der Waals surface area contributed by atoms with E-state index in [1.807, 2.05) is 20.0 Å². The molecule has 1 aromatic carbocycles. The van der Waals surface area contributed by atoms with Crippen LogP contribution in [-0.4, -0.2) is 25.7 Å². The fourth-order valence-corrected chi connectivity index (χ4v) is 3.31. The average Bonchev–Trinajstić information content (AvgIpc) is 2.98. The Morgan fingerprint density at radius 1 is 1.24 bits per heavy atom. The highest BCUT2D eigenvalue weighted by Crippen LogP contribution is 2.31. The maximum Gasteiger partial charge on any atom is 0.261 e. The summed E-state index contributed by atoms with van der Waals surface area (Å²) >= 11 is 3.24. The number of hydrogen-bond donors (Lipinski definition) is 1. The van der Waals surface area contributed by atoms with Crippen LogP contribution in [0.3, 0.4) is 0 Å². The highest BCUT2D eigenvalue weighted by atomic mass is 79.9. The molecule has 0 bridgehead atoms. The summed E-state index contributed by atoms with van der Waals surface area (Å²) < 4.78 is 21.1. The number of fused-ring (bicyclic) bond motifs is 1. The van der Waals surface area contributed by atoms with Gasteiger partial charge in [-0.1, -0.05) is 0 Å². The summed E-state index contributed by atoms with van der Waals surface area (Å²) in [5, 5.41) is 7.98. The fourth-order valence-electron chi connectivity index (χ4n) is 2.88. The van der Waals surface area contributed by atoms with Gasteiger partial charge in [0, 0.05) is 18.6 Å². The largest absolute Gasteiger partial charge is 0.437 e. The lowest BCUT2D eigenvalue weighted by molar-refractivity contribution is 0.102. The first-order valence-corrected chi connectivity index (χ1v) is 9.40. The van der Waals surface area contributed by atoms with Crippen LogP contribution in [0.5, 0.6) is 11.6 Å². The van der Waals surface area contributed by atoms with E-state index in [1.165, 1.54) is 24.4 Å². The molecule has 0 atom stereocenters. The number of aromatic nitrogens is 4. The molecule has 4 aromatic rings. The number of halogens is 2. The Kier molecular flexibility index (Phi) is 4.98. The molecule has 0 fully saturated rings. The smallest absolute Gasteiger partial charge is 0.261 e. The lowest BCUT2D eigenvalue weighted by Crippen LogP contribution is -2.14. The number of hydrogen-bond acceptors (Lipinski definition) is 5.